The number of hydrazone groups is 1. The molecule has 0 amide bonds. The van der Waals surface area contributed by atoms with E-state index >= 15 is 0 Å². The lowest BCUT2D eigenvalue weighted by molar-refractivity contribution is 0.982. The van der Waals surface area contributed by atoms with Gasteiger partial charge in [0.15, 0.2) is 5.11 Å². The fourth-order valence-corrected chi connectivity index (χ4v) is 3.39. The van der Waals surface area contributed by atoms with Crippen molar-refractivity contribution in [2.45, 2.75) is 0 Å². The van der Waals surface area contributed by atoms with Crippen molar-refractivity contribution in [2.75, 3.05) is 7.05 Å². The van der Waals surface area contributed by atoms with Gasteiger partial charge < -0.3 is 9.88 Å². The highest BCUT2D eigenvalue weighted by molar-refractivity contribution is 7.80. The second-order valence-corrected chi connectivity index (χ2v) is 6.67. The first-order valence-corrected chi connectivity index (χ1v) is 9.45. The second-order valence-electron chi connectivity index (χ2n) is 6.27. The molecule has 0 saturated heterocycles. The number of hydrogen-bond acceptors (Lipinski definition) is 2. The molecule has 4 aromatic rings. The Balaban J connectivity index is 2.01. The quantitative estimate of drug-likeness (QED) is 0.304. The Hall–Kier alpha value is -3.44. The molecule has 0 unspecified atom stereocenters. The largest absolute Gasteiger partial charge is 0.364 e. The number of rotatable bonds is 4. The fraction of sp³-hybridized carbons (Fsp3) is 0.0435. The number of hydrogen-bond donors (Lipinski definition) is 2. The van der Waals surface area contributed by atoms with Crippen molar-refractivity contribution in [3.63, 3.8) is 0 Å². The van der Waals surface area contributed by atoms with Crippen LogP contribution in [0.3, 0.4) is 0 Å². The molecule has 0 atom stereocenters. The zero-order chi connectivity index (χ0) is 19.3. The zero-order valence-corrected chi connectivity index (χ0v) is 16.3. The molecule has 4 nitrogen and oxygen atoms in total. The maximum absolute atomic E-state index is 5.13. The molecule has 0 aliphatic heterocycles. The number of thiocarbonyl (C=S) groups is 1. The molecule has 0 bridgehead atoms. The summed E-state index contributed by atoms with van der Waals surface area (Å²) in [7, 11) is 1.77. The number of nitrogens with one attached hydrogen (secondary N) is 2. The summed E-state index contributed by atoms with van der Waals surface area (Å²) < 4.78 is 2.28. The maximum Gasteiger partial charge on any atom is 0.186 e. The van der Waals surface area contributed by atoms with Crippen molar-refractivity contribution in [2.24, 2.45) is 5.10 Å². The van der Waals surface area contributed by atoms with Crippen LogP contribution in [0.5, 0.6) is 0 Å². The van der Waals surface area contributed by atoms with Gasteiger partial charge in [-0.2, -0.15) is 5.10 Å². The van der Waals surface area contributed by atoms with Gasteiger partial charge >= 0.3 is 0 Å². The monoisotopic (exact) mass is 384 g/mol. The highest BCUT2D eigenvalue weighted by atomic mass is 32.1. The lowest BCUT2D eigenvalue weighted by Gasteiger charge is -2.12. The molecule has 0 aliphatic carbocycles. The van der Waals surface area contributed by atoms with E-state index in [1.54, 1.807) is 7.05 Å². The standard InChI is InChI=1S/C23H20N4S/c1-24-23(28)26-25-16-20-19-14-8-9-15-21(19)27(18-12-6-3-7-13-18)22(20)17-10-4-2-5-11-17/h2-16H,1H3,(H2,24,26,28)/b25-16-. The van der Waals surface area contributed by atoms with Crippen LogP contribution in [0.25, 0.3) is 27.8 Å². The summed E-state index contributed by atoms with van der Waals surface area (Å²) in [5.74, 6) is 0. The first-order valence-electron chi connectivity index (χ1n) is 9.04. The Morgan fingerprint density at radius 2 is 1.54 bits per heavy atom. The fourth-order valence-electron chi connectivity index (χ4n) is 3.33. The minimum atomic E-state index is 0.476. The number of nitrogens with zero attached hydrogens (tertiary/aromatic N) is 2. The van der Waals surface area contributed by atoms with Gasteiger partial charge in [-0.3, -0.25) is 5.43 Å². The molecule has 0 radical (unpaired) electrons. The van der Waals surface area contributed by atoms with Gasteiger partial charge in [-0.15, -0.1) is 0 Å². The summed E-state index contributed by atoms with van der Waals surface area (Å²) >= 11 is 5.13. The highest BCUT2D eigenvalue weighted by Gasteiger charge is 2.18. The van der Waals surface area contributed by atoms with Gasteiger partial charge in [0.25, 0.3) is 0 Å². The van der Waals surface area contributed by atoms with Crippen LogP contribution in [-0.4, -0.2) is 22.9 Å². The van der Waals surface area contributed by atoms with Crippen LogP contribution >= 0.6 is 12.2 Å². The summed E-state index contributed by atoms with van der Waals surface area (Å²) in [5.41, 5.74) is 8.35. The Morgan fingerprint density at radius 1 is 0.893 bits per heavy atom. The van der Waals surface area contributed by atoms with E-state index in [-0.39, 0.29) is 0 Å². The Labute approximate surface area is 169 Å². The zero-order valence-electron chi connectivity index (χ0n) is 15.5. The minimum Gasteiger partial charge on any atom is -0.364 e. The molecule has 138 valence electrons. The average molecular weight is 385 g/mol. The van der Waals surface area contributed by atoms with E-state index < -0.39 is 0 Å². The summed E-state index contributed by atoms with van der Waals surface area (Å²) in [4.78, 5) is 0. The molecule has 0 spiro atoms. The van der Waals surface area contributed by atoms with Crippen molar-refractivity contribution in [1.29, 1.82) is 0 Å². The number of benzene rings is 3. The third-order valence-electron chi connectivity index (χ3n) is 4.56. The second kappa shape index (κ2) is 8.06. The van der Waals surface area contributed by atoms with Gasteiger partial charge in [0.1, 0.15) is 0 Å². The predicted octanol–water partition coefficient (Wildman–Crippen LogP) is 4.73. The molecular formula is C23H20N4S. The van der Waals surface area contributed by atoms with Crippen LogP contribution in [-0.2, 0) is 0 Å². The molecule has 2 N–H and O–H groups in total. The van der Waals surface area contributed by atoms with Gasteiger partial charge in [-0.05, 0) is 36.0 Å². The summed E-state index contributed by atoms with van der Waals surface area (Å²) in [6, 6.07) is 29.1. The number of aromatic nitrogens is 1. The lowest BCUT2D eigenvalue weighted by Crippen LogP contribution is -2.28. The highest BCUT2D eigenvalue weighted by Crippen LogP contribution is 2.35. The molecule has 4 rings (SSSR count). The van der Waals surface area contributed by atoms with Crippen LogP contribution < -0.4 is 10.7 Å². The first kappa shape index (κ1) is 17.9. The number of para-hydroxylation sites is 2. The van der Waals surface area contributed by atoms with E-state index in [0.717, 1.165) is 33.4 Å². The van der Waals surface area contributed by atoms with E-state index in [9.17, 15) is 0 Å². The van der Waals surface area contributed by atoms with Gasteiger partial charge in [-0.1, -0.05) is 66.7 Å². The SMILES string of the molecule is CNC(=S)N/N=C\c1c(-c2ccccc2)n(-c2ccccc2)c2ccccc12. The molecule has 3 aromatic carbocycles. The molecule has 1 heterocycles. The molecule has 0 fully saturated rings. The molecule has 1 aromatic heterocycles. The Morgan fingerprint density at radius 3 is 2.25 bits per heavy atom. The summed E-state index contributed by atoms with van der Waals surface area (Å²) in [5, 5.41) is 8.84. The predicted molar refractivity (Wildman–Crippen MR) is 121 cm³/mol. The normalized spacial score (nSPS) is 11.0. The Bertz CT molecular complexity index is 1130. The van der Waals surface area contributed by atoms with Gasteiger partial charge in [0.05, 0.1) is 17.4 Å². The van der Waals surface area contributed by atoms with Crippen LogP contribution in [0.4, 0.5) is 0 Å². The molecule has 0 saturated carbocycles. The lowest BCUT2D eigenvalue weighted by atomic mass is 10.1. The van der Waals surface area contributed by atoms with Crippen molar-refractivity contribution in [3.05, 3.63) is 90.5 Å². The van der Waals surface area contributed by atoms with E-state index in [4.69, 9.17) is 12.2 Å². The average Bonchev–Trinajstić information content (AvgIpc) is 3.09. The first-order chi connectivity index (χ1) is 13.8. The number of fused-ring (bicyclic) bond motifs is 1. The van der Waals surface area contributed by atoms with Crippen molar-refractivity contribution < 1.29 is 0 Å². The third-order valence-corrected chi connectivity index (χ3v) is 4.86. The minimum absolute atomic E-state index is 0.476. The molecule has 28 heavy (non-hydrogen) atoms. The van der Waals surface area contributed by atoms with E-state index in [2.05, 4.69) is 93.2 Å². The van der Waals surface area contributed by atoms with E-state index in [1.807, 2.05) is 18.3 Å². The van der Waals surface area contributed by atoms with Gasteiger partial charge in [0, 0.05) is 23.7 Å². The molecular weight excluding hydrogens is 364 g/mol. The molecule has 0 aliphatic rings. The van der Waals surface area contributed by atoms with Crippen molar-refractivity contribution >= 4 is 34.4 Å². The maximum atomic E-state index is 5.13. The smallest absolute Gasteiger partial charge is 0.186 e. The van der Waals surface area contributed by atoms with Crippen LogP contribution in [0.2, 0.25) is 0 Å². The topological polar surface area (TPSA) is 41.4 Å². The van der Waals surface area contributed by atoms with Gasteiger partial charge in [0.2, 0.25) is 0 Å². The van der Waals surface area contributed by atoms with Crippen molar-refractivity contribution in [3.8, 4) is 16.9 Å². The van der Waals surface area contributed by atoms with Crippen LogP contribution in [0, 0.1) is 0 Å². The summed E-state index contributed by atoms with van der Waals surface area (Å²) in [6.07, 6.45) is 1.84. The Kier molecular flexibility index (Phi) is 5.17. The van der Waals surface area contributed by atoms with Crippen LogP contribution in [0.15, 0.2) is 90.0 Å². The van der Waals surface area contributed by atoms with E-state index in [1.165, 1.54) is 0 Å². The van der Waals surface area contributed by atoms with Crippen molar-refractivity contribution in [1.82, 2.24) is 15.3 Å². The van der Waals surface area contributed by atoms with Crippen LogP contribution in [0.1, 0.15) is 5.56 Å². The third kappa shape index (κ3) is 3.40. The summed E-state index contributed by atoms with van der Waals surface area (Å²) in [6.45, 7) is 0. The van der Waals surface area contributed by atoms with Gasteiger partial charge in [-0.25, -0.2) is 0 Å². The molecule has 5 heteroatoms. The van der Waals surface area contributed by atoms with E-state index in [0.29, 0.717) is 5.11 Å².